The van der Waals surface area contributed by atoms with Crippen LogP contribution in [0.2, 0.25) is 0 Å². The van der Waals surface area contributed by atoms with Gasteiger partial charge in [0.15, 0.2) is 0 Å². The lowest BCUT2D eigenvalue weighted by atomic mass is 10.1. The highest BCUT2D eigenvalue weighted by Crippen LogP contribution is 2.00. The third-order valence-corrected chi connectivity index (χ3v) is 3.44. The standard InChI is InChI=1S/C11H18N2O3S/c1-7(2)9(14)4-12-10(15)5-13-8(3)6-17-11(13)16/h6-7,9,14H,4-5H2,1-3H3,(H,12,15). The van der Waals surface area contributed by atoms with Crippen molar-refractivity contribution in [2.75, 3.05) is 6.54 Å². The molecule has 0 saturated heterocycles. The third-order valence-electron chi connectivity index (χ3n) is 2.56. The van der Waals surface area contributed by atoms with Crippen molar-refractivity contribution in [2.24, 2.45) is 5.92 Å². The topological polar surface area (TPSA) is 71.3 Å². The Morgan fingerprint density at radius 3 is 2.71 bits per heavy atom. The number of aromatic nitrogens is 1. The number of hydrogen-bond donors (Lipinski definition) is 2. The van der Waals surface area contributed by atoms with Gasteiger partial charge in [0.1, 0.15) is 6.54 Å². The first-order chi connectivity index (χ1) is 7.91. The summed E-state index contributed by atoms with van der Waals surface area (Å²) in [5.41, 5.74) is 0.777. The van der Waals surface area contributed by atoms with Gasteiger partial charge in [0.25, 0.3) is 0 Å². The van der Waals surface area contributed by atoms with Gasteiger partial charge in [-0.1, -0.05) is 25.2 Å². The molecule has 0 aliphatic rings. The number of nitrogens with zero attached hydrogens (tertiary/aromatic N) is 1. The Balaban J connectivity index is 2.48. The molecule has 0 spiro atoms. The number of aliphatic hydroxyl groups excluding tert-OH is 1. The van der Waals surface area contributed by atoms with E-state index in [1.807, 2.05) is 13.8 Å². The quantitative estimate of drug-likeness (QED) is 0.800. The largest absolute Gasteiger partial charge is 0.391 e. The summed E-state index contributed by atoms with van der Waals surface area (Å²) in [5, 5.41) is 13.9. The first-order valence-electron chi connectivity index (χ1n) is 5.51. The lowest BCUT2D eigenvalue weighted by Gasteiger charge is -2.15. The van der Waals surface area contributed by atoms with Gasteiger partial charge >= 0.3 is 4.87 Å². The fourth-order valence-corrected chi connectivity index (χ4v) is 1.98. The van der Waals surface area contributed by atoms with Crippen LogP contribution in [0, 0.1) is 12.8 Å². The first-order valence-corrected chi connectivity index (χ1v) is 6.39. The summed E-state index contributed by atoms with van der Waals surface area (Å²) in [6.45, 7) is 5.77. The lowest BCUT2D eigenvalue weighted by Crippen LogP contribution is -2.37. The Morgan fingerprint density at radius 1 is 1.59 bits per heavy atom. The van der Waals surface area contributed by atoms with E-state index in [-0.39, 0.29) is 29.8 Å². The molecule has 1 unspecified atom stereocenters. The van der Waals surface area contributed by atoms with Crippen LogP contribution < -0.4 is 10.2 Å². The zero-order valence-corrected chi connectivity index (χ0v) is 11.1. The summed E-state index contributed by atoms with van der Waals surface area (Å²) in [5.74, 6) is -0.158. The van der Waals surface area contributed by atoms with Crippen molar-refractivity contribution in [1.82, 2.24) is 9.88 Å². The van der Waals surface area contributed by atoms with Crippen molar-refractivity contribution in [3.8, 4) is 0 Å². The van der Waals surface area contributed by atoms with Crippen LogP contribution in [0.15, 0.2) is 10.2 Å². The Morgan fingerprint density at radius 2 is 2.24 bits per heavy atom. The van der Waals surface area contributed by atoms with Crippen LogP contribution in [0.1, 0.15) is 19.5 Å². The number of hydrogen-bond acceptors (Lipinski definition) is 4. The van der Waals surface area contributed by atoms with Gasteiger partial charge in [-0.25, -0.2) is 0 Å². The minimum absolute atomic E-state index is 0.0129. The average Bonchev–Trinajstić information content (AvgIpc) is 2.57. The van der Waals surface area contributed by atoms with E-state index in [0.29, 0.717) is 0 Å². The second-order valence-corrected chi connectivity index (χ2v) is 5.17. The summed E-state index contributed by atoms with van der Waals surface area (Å²) in [6.07, 6.45) is -0.556. The zero-order valence-electron chi connectivity index (χ0n) is 10.3. The summed E-state index contributed by atoms with van der Waals surface area (Å²) >= 11 is 1.08. The molecule has 0 fully saturated rings. The second kappa shape index (κ2) is 5.97. The maximum Gasteiger partial charge on any atom is 0.307 e. The summed E-state index contributed by atoms with van der Waals surface area (Å²) in [7, 11) is 0. The number of rotatable bonds is 5. The van der Waals surface area contributed by atoms with Gasteiger partial charge in [-0.3, -0.25) is 14.2 Å². The minimum atomic E-state index is -0.556. The summed E-state index contributed by atoms with van der Waals surface area (Å²) in [4.78, 5) is 22.8. The smallest absolute Gasteiger partial charge is 0.307 e. The summed E-state index contributed by atoms with van der Waals surface area (Å²) < 4.78 is 1.42. The number of aryl methyl sites for hydroxylation is 1. The van der Waals surface area contributed by atoms with E-state index in [0.717, 1.165) is 17.0 Å². The Kier molecular flexibility index (Phi) is 4.89. The molecular formula is C11H18N2O3S. The van der Waals surface area contributed by atoms with Gasteiger partial charge in [-0.2, -0.15) is 0 Å². The van der Waals surface area contributed by atoms with Gasteiger partial charge in [0.2, 0.25) is 5.91 Å². The Hall–Kier alpha value is -1.14. The van der Waals surface area contributed by atoms with Crippen molar-refractivity contribution in [2.45, 2.75) is 33.4 Å². The van der Waals surface area contributed by atoms with Crippen molar-refractivity contribution < 1.29 is 9.90 Å². The van der Waals surface area contributed by atoms with Crippen LogP contribution in [-0.2, 0) is 11.3 Å². The van der Waals surface area contributed by atoms with E-state index in [1.54, 1.807) is 12.3 Å². The van der Waals surface area contributed by atoms with E-state index >= 15 is 0 Å². The van der Waals surface area contributed by atoms with Crippen LogP contribution in [0.4, 0.5) is 0 Å². The number of carbonyl (C=O) groups excluding carboxylic acids is 1. The van der Waals surface area contributed by atoms with Crippen LogP contribution in [0.3, 0.4) is 0 Å². The molecule has 96 valence electrons. The van der Waals surface area contributed by atoms with Crippen LogP contribution in [0.25, 0.3) is 0 Å². The minimum Gasteiger partial charge on any atom is -0.391 e. The average molecular weight is 258 g/mol. The molecule has 0 radical (unpaired) electrons. The number of thiazole rings is 1. The van der Waals surface area contributed by atoms with Gasteiger partial charge < -0.3 is 10.4 Å². The molecule has 17 heavy (non-hydrogen) atoms. The molecular weight excluding hydrogens is 240 g/mol. The van der Waals surface area contributed by atoms with E-state index < -0.39 is 6.10 Å². The Bertz CT molecular complexity index is 436. The molecule has 1 amide bonds. The highest BCUT2D eigenvalue weighted by Gasteiger charge is 2.12. The molecule has 1 heterocycles. The number of aliphatic hydroxyl groups is 1. The molecule has 0 saturated carbocycles. The van der Waals surface area contributed by atoms with Crippen LogP contribution >= 0.6 is 11.3 Å². The molecule has 0 aliphatic heterocycles. The van der Waals surface area contributed by atoms with Gasteiger partial charge in [-0.15, -0.1) is 0 Å². The maximum atomic E-state index is 11.6. The molecule has 0 bridgehead atoms. The molecule has 0 aromatic carbocycles. The van der Waals surface area contributed by atoms with Gasteiger partial charge in [0.05, 0.1) is 6.10 Å². The number of carbonyl (C=O) groups is 1. The number of amides is 1. The predicted molar refractivity (Wildman–Crippen MR) is 67.2 cm³/mol. The fourth-order valence-electron chi connectivity index (χ4n) is 1.25. The molecule has 0 aliphatic carbocycles. The van der Waals surface area contributed by atoms with Crippen molar-refractivity contribution in [3.63, 3.8) is 0 Å². The van der Waals surface area contributed by atoms with Crippen LogP contribution in [-0.4, -0.2) is 28.2 Å². The van der Waals surface area contributed by atoms with Crippen LogP contribution in [0.5, 0.6) is 0 Å². The number of nitrogens with one attached hydrogen (secondary N) is 1. The van der Waals surface area contributed by atoms with Crippen molar-refractivity contribution in [1.29, 1.82) is 0 Å². The lowest BCUT2D eigenvalue weighted by molar-refractivity contribution is -0.122. The molecule has 1 rings (SSSR count). The molecule has 5 nitrogen and oxygen atoms in total. The maximum absolute atomic E-state index is 11.6. The SMILES string of the molecule is Cc1csc(=O)n1CC(=O)NCC(O)C(C)C. The first kappa shape index (κ1) is 13.9. The van der Waals surface area contributed by atoms with E-state index in [1.165, 1.54) is 4.57 Å². The highest BCUT2D eigenvalue weighted by atomic mass is 32.1. The molecule has 1 aromatic heterocycles. The van der Waals surface area contributed by atoms with Gasteiger partial charge in [-0.05, 0) is 12.8 Å². The normalized spacial score (nSPS) is 12.8. The second-order valence-electron chi connectivity index (χ2n) is 4.34. The predicted octanol–water partition coefficient (Wildman–Crippen LogP) is 0.351. The molecule has 2 N–H and O–H groups in total. The summed E-state index contributed by atoms with van der Waals surface area (Å²) in [6, 6.07) is 0. The third kappa shape index (κ3) is 3.98. The molecule has 1 atom stereocenters. The molecule has 1 aromatic rings. The zero-order chi connectivity index (χ0) is 13.0. The van der Waals surface area contributed by atoms with E-state index in [9.17, 15) is 14.7 Å². The Labute approximate surface area is 104 Å². The fraction of sp³-hybridized carbons (Fsp3) is 0.636. The monoisotopic (exact) mass is 258 g/mol. The van der Waals surface area contributed by atoms with E-state index in [4.69, 9.17) is 0 Å². The van der Waals surface area contributed by atoms with Crippen molar-refractivity contribution in [3.05, 3.63) is 20.7 Å². The van der Waals surface area contributed by atoms with Gasteiger partial charge in [0, 0.05) is 17.6 Å². The highest BCUT2D eigenvalue weighted by molar-refractivity contribution is 7.07. The van der Waals surface area contributed by atoms with Crippen molar-refractivity contribution >= 4 is 17.2 Å². The molecule has 6 heteroatoms. The van der Waals surface area contributed by atoms with E-state index in [2.05, 4.69) is 5.32 Å².